The number of allylic oxidation sites excluding steroid dienone is 4. The van der Waals surface area contributed by atoms with Crippen LogP contribution in [-0.2, 0) is 4.74 Å². The topological polar surface area (TPSA) is 29.5 Å². The van der Waals surface area contributed by atoms with Crippen LogP contribution in [0.5, 0.6) is 0 Å². The second-order valence-corrected chi connectivity index (χ2v) is 7.70. The third kappa shape index (κ3) is 7.50. The Bertz CT molecular complexity index is 445. The molecule has 3 atom stereocenters. The Morgan fingerprint density at radius 1 is 1.22 bits per heavy atom. The van der Waals surface area contributed by atoms with E-state index < -0.39 is 11.7 Å². The molecule has 0 saturated carbocycles. The average Bonchev–Trinajstić information content (AvgIpc) is 2.45. The Kier molecular flexibility index (Phi) is 8.28. The van der Waals surface area contributed by atoms with Gasteiger partial charge in [0.15, 0.2) is 0 Å². The summed E-state index contributed by atoms with van der Waals surface area (Å²) in [7, 11) is 1.73. The highest BCUT2D eigenvalue weighted by Crippen LogP contribution is 2.26. The zero-order valence-electron chi connectivity index (χ0n) is 15.9. The Morgan fingerprint density at radius 3 is 2.52 bits per heavy atom. The molecule has 1 aliphatic carbocycles. The predicted molar refractivity (Wildman–Crippen MR) is 99.5 cm³/mol. The molecular weight excluding hydrogens is 284 g/mol. The predicted octanol–water partition coefficient (Wildman–Crippen LogP) is 5.44. The quantitative estimate of drug-likeness (QED) is 0.687. The molecule has 0 radical (unpaired) electrons. The Hall–Kier alpha value is -0.860. The molecule has 0 amide bonds. The first-order valence-electron chi connectivity index (χ1n) is 9.01. The summed E-state index contributed by atoms with van der Waals surface area (Å²) in [6.45, 7) is 11.0. The number of aliphatic hydroxyl groups is 1. The molecule has 0 aromatic rings. The van der Waals surface area contributed by atoms with Gasteiger partial charge < -0.3 is 9.84 Å². The molecule has 0 spiro atoms. The Labute approximate surface area is 143 Å². The van der Waals surface area contributed by atoms with Crippen molar-refractivity contribution in [3.05, 3.63) is 35.5 Å². The molecule has 23 heavy (non-hydrogen) atoms. The van der Waals surface area contributed by atoms with Crippen molar-refractivity contribution in [1.29, 1.82) is 0 Å². The van der Waals surface area contributed by atoms with Crippen LogP contribution in [0.2, 0.25) is 0 Å². The molecule has 1 aliphatic rings. The first-order valence-corrected chi connectivity index (χ1v) is 9.01. The smallest absolute Gasteiger partial charge is 0.0858 e. The van der Waals surface area contributed by atoms with E-state index in [0.29, 0.717) is 18.3 Å². The standard InChI is InChI=1S/C21H36O2/c1-16(2)19-11-10-17(3)8-7-9-18(4)14-20(22)15-21(5,23-6)13-12-19/h8,12-14,16,19-20,22H,7,9-11,15H2,1-6H3. The molecule has 2 heteroatoms. The monoisotopic (exact) mass is 320 g/mol. The van der Waals surface area contributed by atoms with E-state index in [1.54, 1.807) is 7.11 Å². The molecular formula is C21H36O2. The van der Waals surface area contributed by atoms with E-state index in [2.05, 4.69) is 52.8 Å². The maximum absolute atomic E-state index is 10.4. The molecule has 0 aromatic carbocycles. The second-order valence-electron chi connectivity index (χ2n) is 7.70. The van der Waals surface area contributed by atoms with Gasteiger partial charge in [0.2, 0.25) is 0 Å². The van der Waals surface area contributed by atoms with Gasteiger partial charge in [-0.25, -0.2) is 0 Å². The molecule has 0 aliphatic heterocycles. The van der Waals surface area contributed by atoms with Gasteiger partial charge in [0.05, 0.1) is 11.7 Å². The molecule has 0 bridgehead atoms. The number of methoxy groups -OCH3 is 1. The molecule has 0 aromatic heterocycles. The third-order valence-electron chi connectivity index (χ3n) is 5.01. The van der Waals surface area contributed by atoms with Crippen LogP contribution in [-0.4, -0.2) is 23.9 Å². The summed E-state index contributed by atoms with van der Waals surface area (Å²) in [6.07, 6.45) is 13.3. The first-order chi connectivity index (χ1) is 10.8. The van der Waals surface area contributed by atoms with Crippen LogP contribution in [0.25, 0.3) is 0 Å². The van der Waals surface area contributed by atoms with E-state index in [1.807, 2.05) is 6.08 Å². The zero-order valence-corrected chi connectivity index (χ0v) is 15.9. The van der Waals surface area contributed by atoms with Gasteiger partial charge in [-0.2, -0.15) is 0 Å². The highest BCUT2D eigenvalue weighted by atomic mass is 16.5. The SMILES string of the molecule is COC1(C)C=CC(C(C)C)CCC(C)=CCCC(C)=CC(O)C1. The normalized spacial score (nSPS) is 31.5. The van der Waals surface area contributed by atoms with Crippen molar-refractivity contribution in [1.82, 2.24) is 0 Å². The van der Waals surface area contributed by atoms with Crippen LogP contribution in [0.3, 0.4) is 0 Å². The minimum absolute atomic E-state index is 0.418. The summed E-state index contributed by atoms with van der Waals surface area (Å²) in [5, 5.41) is 10.4. The number of aliphatic hydroxyl groups excluding tert-OH is 1. The van der Waals surface area contributed by atoms with E-state index in [4.69, 9.17) is 4.74 Å². The fraction of sp³-hybridized carbons (Fsp3) is 0.714. The van der Waals surface area contributed by atoms with E-state index in [0.717, 1.165) is 19.3 Å². The van der Waals surface area contributed by atoms with Gasteiger partial charge in [0, 0.05) is 13.5 Å². The maximum atomic E-state index is 10.4. The first kappa shape index (κ1) is 20.2. The summed E-state index contributed by atoms with van der Waals surface area (Å²) in [6, 6.07) is 0. The van der Waals surface area contributed by atoms with Crippen molar-refractivity contribution in [3.8, 4) is 0 Å². The minimum Gasteiger partial charge on any atom is -0.389 e. The third-order valence-corrected chi connectivity index (χ3v) is 5.01. The van der Waals surface area contributed by atoms with Crippen molar-refractivity contribution < 1.29 is 9.84 Å². The summed E-state index contributed by atoms with van der Waals surface area (Å²) < 4.78 is 5.71. The molecule has 132 valence electrons. The summed E-state index contributed by atoms with van der Waals surface area (Å²) in [4.78, 5) is 0. The van der Waals surface area contributed by atoms with Crippen molar-refractivity contribution >= 4 is 0 Å². The number of hydrogen-bond donors (Lipinski definition) is 1. The highest BCUT2D eigenvalue weighted by molar-refractivity contribution is 5.11. The van der Waals surface area contributed by atoms with Crippen LogP contribution < -0.4 is 0 Å². The van der Waals surface area contributed by atoms with Crippen LogP contribution in [0.1, 0.15) is 66.7 Å². The Morgan fingerprint density at radius 2 is 1.91 bits per heavy atom. The van der Waals surface area contributed by atoms with Gasteiger partial charge in [-0.05, 0) is 58.3 Å². The van der Waals surface area contributed by atoms with E-state index in [-0.39, 0.29) is 0 Å². The lowest BCUT2D eigenvalue weighted by Crippen LogP contribution is -2.30. The zero-order chi connectivity index (χ0) is 17.5. The molecule has 0 heterocycles. The number of ether oxygens (including phenoxy) is 1. The summed E-state index contributed by atoms with van der Waals surface area (Å²) in [5.41, 5.74) is 2.31. The minimum atomic E-state index is -0.463. The van der Waals surface area contributed by atoms with Gasteiger partial charge in [0.25, 0.3) is 0 Å². The lowest BCUT2D eigenvalue weighted by atomic mass is 9.86. The summed E-state index contributed by atoms with van der Waals surface area (Å²) in [5.74, 6) is 1.16. The van der Waals surface area contributed by atoms with Gasteiger partial charge in [-0.3, -0.25) is 0 Å². The lowest BCUT2D eigenvalue weighted by Gasteiger charge is -2.28. The number of hydrogen-bond acceptors (Lipinski definition) is 2. The van der Waals surface area contributed by atoms with Gasteiger partial charge >= 0.3 is 0 Å². The van der Waals surface area contributed by atoms with Crippen LogP contribution in [0, 0.1) is 11.8 Å². The Balaban J connectivity index is 3.04. The van der Waals surface area contributed by atoms with E-state index in [1.165, 1.54) is 17.6 Å². The number of rotatable bonds is 2. The van der Waals surface area contributed by atoms with Gasteiger partial charge in [-0.1, -0.05) is 49.3 Å². The van der Waals surface area contributed by atoms with Crippen LogP contribution >= 0.6 is 0 Å². The molecule has 0 fully saturated rings. The van der Waals surface area contributed by atoms with Crippen molar-refractivity contribution in [2.24, 2.45) is 11.8 Å². The van der Waals surface area contributed by atoms with Gasteiger partial charge in [-0.15, -0.1) is 0 Å². The highest BCUT2D eigenvalue weighted by Gasteiger charge is 2.24. The molecule has 2 nitrogen and oxygen atoms in total. The fourth-order valence-electron chi connectivity index (χ4n) is 3.13. The lowest BCUT2D eigenvalue weighted by molar-refractivity contribution is 0.0126. The molecule has 0 saturated heterocycles. The largest absolute Gasteiger partial charge is 0.389 e. The molecule has 1 N–H and O–H groups in total. The van der Waals surface area contributed by atoms with Crippen molar-refractivity contribution in [3.63, 3.8) is 0 Å². The fourth-order valence-corrected chi connectivity index (χ4v) is 3.13. The van der Waals surface area contributed by atoms with Gasteiger partial charge in [0.1, 0.15) is 0 Å². The average molecular weight is 321 g/mol. The van der Waals surface area contributed by atoms with Crippen LogP contribution in [0.4, 0.5) is 0 Å². The molecule has 3 unspecified atom stereocenters. The van der Waals surface area contributed by atoms with Crippen LogP contribution in [0.15, 0.2) is 35.5 Å². The second kappa shape index (κ2) is 9.44. The van der Waals surface area contributed by atoms with Crippen molar-refractivity contribution in [2.45, 2.75) is 78.4 Å². The maximum Gasteiger partial charge on any atom is 0.0858 e. The van der Waals surface area contributed by atoms with E-state index >= 15 is 0 Å². The van der Waals surface area contributed by atoms with Crippen molar-refractivity contribution in [2.75, 3.05) is 7.11 Å². The molecule has 1 rings (SSSR count). The van der Waals surface area contributed by atoms with E-state index in [9.17, 15) is 5.11 Å². The summed E-state index contributed by atoms with van der Waals surface area (Å²) >= 11 is 0.